The van der Waals surface area contributed by atoms with E-state index in [1.54, 1.807) is 0 Å². The highest BCUT2D eigenvalue weighted by atomic mass is 79.9. The van der Waals surface area contributed by atoms with Gasteiger partial charge in [-0.2, -0.15) is 8.75 Å². The molecule has 3 N–H and O–H groups in total. The molecule has 0 saturated carbocycles. The predicted octanol–water partition coefficient (Wildman–Crippen LogP) is 5.72. The Morgan fingerprint density at radius 2 is 2.10 bits per heavy atom. The number of nitrogens with zero attached hydrogens (tertiary/aromatic N) is 2. The third kappa shape index (κ3) is 7.66. The first-order chi connectivity index (χ1) is 19.9. The molecule has 3 aliphatic rings. The molecule has 220 valence electrons. The zero-order valence-electron chi connectivity index (χ0n) is 22.6. The van der Waals surface area contributed by atoms with Crippen LogP contribution < -0.4 is 5.32 Å². The Morgan fingerprint density at radius 1 is 1.24 bits per heavy atom. The minimum Gasteiger partial charge on any atom is -0.496 e. The number of alkyl halides is 1. The number of hydrogen-bond acceptors (Lipinski definition) is 8. The van der Waals surface area contributed by atoms with Gasteiger partial charge >= 0.3 is 5.97 Å². The van der Waals surface area contributed by atoms with E-state index >= 15 is 0 Å². The van der Waals surface area contributed by atoms with Gasteiger partial charge in [-0.15, -0.1) is 0 Å². The lowest BCUT2D eigenvalue weighted by Gasteiger charge is -2.35. The van der Waals surface area contributed by atoms with Gasteiger partial charge in [0, 0.05) is 29.6 Å². The Hall–Kier alpha value is -2.08. The Balaban J connectivity index is 1.25. The summed E-state index contributed by atoms with van der Waals surface area (Å²) >= 11 is 11.9. The lowest BCUT2D eigenvalue weighted by atomic mass is 9.82. The Bertz CT molecular complexity index is 1340. The fraction of sp³-hybridized carbons (Fsp3) is 0.500. The molecule has 0 amide bonds. The minimum absolute atomic E-state index is 0.0981. The van der Waals surface area contributed by atoms with Crippen LogP contribution in [0.3, 0.4) is 0 Å². The summed E-state index contributed by atoms with van der Waals surface area (Å²) < 4.78 is 21.4. The van der Waals surface area contributed by atoms with Crippen LogP contribution in [-0.2, 0) is 20.9 Å². The summed E-state index contributed by atoms with van der Waals surface area (Å²) in [6.45, 7) is 0.682. The van der Waals surface area contributed by atoms with Crippen LogP contribution in [0.4, 0.5) is 0 Å². The molecule has 0 spiro atoms. The Labute approximate surface area is 257 Å². The number of hydrogen-bond donors (Lipinski definition) is 3. The maximum atomic E-state index is 11.4. The predicted molar refractivity (Wildman–Crippen MR) is 164 cm³/mol. The van der Waals surface area contributed by atoms with E-state index in [-0.39, 0.29) is 22.8 Å². The molecule has 5 rings (SSSR count). The van der Waals surface area contributed by atoms with E-state index < -0.39 is 18.6 Å². The summed E-state index contributed by atoms with van der Waals surface area (Å²) in [7, 11) is 0. The van der Waals surface area contributed by atoms with Crippen molar-refractivity contribution in [3.8, 4) is 0 Å². The number of carbonyl (C=O) groups is 1. The molecule has 2 aromatic rings. The molecular formula is C30H35BrClN3O5S. The third-order valence-electron chi connectivity index (χ3n) is 8.02. The van der Waals surface area contributed by atoms with Crippen molar-refractivity contribution in [2.24, 2.45) is 17.8 Å². The highest BCUT2D eigenvalue weighted by molar-refractivity contribution is 9.09. The summed E-state index contributed by atoms with van der Waals surface area (Å²) in [5.41, 5.74) is 4.05. The summed E-state index contributed by atoms with van der Waals surface area (Å²) in [4.78, 5) is 11.6. The first-order valence-electron chi connectivity index (χ1n) is 14.0. The number of aromatic nitrogens is 2. The van der Waals surface area contributed by atoms with Crippen LogP contribution in [0, 0.1) is 17.8 Å². The van der Waals surface area contributed by atoms with Gasteiger partial charge in [0.15, 0.2) is 0 Å². The second-order valence-electron chi connectivity index (χ2n) is 10.8. The molecule has 6 atom stereocenters. The summed E-state index contributed by atoms with van der Waals surface area (Å²) in [5.74, 6) is 0.140. The van der Waals surface area contributed by atoms with Gasteiger partial charge in [0.1, 0.15) is 22.8 Å². The van der Waals surface area contributed by atoms with Crippen LogP contribution in [-0.4, -0.2) is 61.7 Å². The fourth-order valence-electron chi connectivity index (χ4n) is 5.62. The van der Waals surface area contributed by atoms with Crippen molar-refractivity contribution in [1.29, 1.82) is 0 Å². The summed E-state index contributed by atoms with van der Waals surface area (Å²) in [5, 5.41) is 22.4. The van der Waals surface area contributed by atoms with Gasteiger partial charge in [-0.05, 0) is 54.9 Å². The van der Waals surface area contributed by atoms with Crippen molar-refractivity contribution >= 4 is 56.3 Å². The number of aliphatic hydroxyl groups excluding tert-OH is 1. The fourth-order valence-corrected chi connectivity index (χ4v) is 7.29. The molecule has 0 bridgehead atoms. The van der Waals surface area contributed by atoms with Crippen LogP contribution in [0.25, 0.3) is 11.0 Å². The Morgan fingerprint density at radius 3 is 2.88 bits per heavy atom. The lowest BCUT2D eigenvalue weighted by Crippen LogP contribution is -2.45. The van der Waals surface area contributed by atoms with Gasteiger partial charge < -0.3 is 25.0 Å². The number of carboxylic acids is 1. The van der Waals surface area contributed by atoms with Crippen LogP contribution in [0.2, 0.25) is 0 Å². The van der Waals surface area contributed by atoms with Crippen LogP contribution in [0.15, 0.2) is 64.9 Å². The quantitative estimate of drug-likeness (QED) is 0.195. The number of allylic oxidation sites excluding steroid dienone is 6. The molecule has 3 aliphatic carbocycles. The summed E-state index contributed by atoms with van der Waals surface area (Å²) in [6, 6.07) is 4.83. The first-order valence-corrected chi connectivity index (χ1v) is 16.0. The van der Waals surface area contributed by atoms with Crippen LogP contribution in [0.5, 0.6) is 0 Å². The second kappa shape index (κ2) is 14.4. The van der Waals surface area contributed by atoms with Crippen molar-refractivity contribution < 1.29 is 24.5 Å². The zero-order chi connectivity index (χ0) is 28.8. The van der Waals surface area contributed by atoms with Gasteiger partial charge in [-0.3, -0.25) is 4.79 Å². The molecule has 0 radical (unpaired) electrons. The maximum absolute atomic E-state index is 11.4. The van der Waals surface area contributed by atoms with Gasteiger partial charge in [-0.1, -0.05) is 64.0 Å². The molecule has 1 aromatic heterocycles. The first kappa shape index (κ1) is 30.4. The van der Waals surface area contributed by atoms with Crippen molar-refractivity contribution in [2.75, 3.05) is 19.8 Å². The van der Waals surface area contributed by atoms with E-state index in [4.69, 9.17) is 21.1 Å². The molecule has 8 nitrogen and oxygen atoms in total. The third-order valence-corrected chi connectivity index (χ3v) is 10.1. The van der Waals surface area contributed by atoms with Gasteiger partial charge in [0.05, 0.1) is 42.7 Å². The van der Waals surface area contributed by atoms with Crippen molar-refractivity contribution in [3.05, 3.63) is 70.5 Å². The monoisotopic (exact) mass is 663 g/mol. The van der Waals surface area contributed by atoms with Gasteiger partial charge in [0.25, 0.3) is 0 Å². The Kier molecular flexibility index (Phi) is 10.7. The second-order valence-corrected chi connectivity index (χ2v) is 12.8. The molecule has 0 aliphatic heterocycles. The topological polar surface area (TPSA) is 114 Å². The SMILES string of the molecule is O=C(O)C(CO)NCC1CC(Cl)=C(OCC2C=CC=C(C3C=CCCC3)C2Br)CC1OCc1ccc2nsnc2c1. The molecule has 0 fully saturated rings. The minimum atomic E-state index is -1.10. The normalized spacial score (nSPS) is 27.2. The van der Waals surface area contributed by atoms with Crippen LogP contribution >= 0.6 is 39.3 Å². The van der Waals surface area contributed by atoms with Crippen molar-refractivity contribution in [1.82, 2.24) is 14.1 Å². The zero-order valence-corrected chi connectivity index (χ0v) is 25.8. The number of benzene rings is 1. The summed E-state index contributed by atoms with van der Waals surface area (Å²) in [6.07, 6.45) is 15.4. The smallest absolute Gasteiger partial charge is 0.323 e. The maximum Gasteiger partial charge on any atom is 0.323 e. The molecule has 1 aromatic carbocycles. The number of rotatable bonds is 12. The average molecular weight is 665 g/mol. The highest BCUT2D eigenvalue weighted by Crippen LogP contribution is 2.38. The van der Waals surface area contributed by atoms with E-state index in [9.17, 15) is 15.0 Å². The van der Waals surface area contributed by atoms with Crippen LogP contribution in [0.1, 0.15) is 37.7 Å². The van der Waals surface area contributed by atoms with E-state index in [0.29, 0.717) is 49.3 Å². The molecular weight excluding hydrogens is 630 g/mol. The number of halogens is 2. The molecule has 6 unspecified atom stereocenters. The van der Waals surface area contributed by atoms with Crippen molar-refractivity contribution in [3.63, 3.8) is 0 Å². The highest BCUT2D eigenvalue weighted by Gasteiger charge is 2.34. The standard InChI is InChI=1S/C30H35BrClN3O5S/c31-29-20(7-4-8-22(29)19-5-2-1-3-6-19)17-40-28-13-27(21(12-23(28)32)14-33-26(15-36)30(37)38)39-16-18-9-10-24-25(11-18)35-41-34-24/h2,4-5,7-11,19-21,26-27,29,33,36H,1,3,6,12-17H2,(H,37,38). The van der Waals surface area contributed by atoms with Gasteiger partial charge in [-0.25, -0.2) is 0 Å². The lowest BCUT2D eigenvalue weighted by molar-refractivity contribution is -0.140. The van der Waals surface area contributed by atoms with E-state index in [2.05, 4.69) is 60.4 Å². The molecule has 11 heteroatoms. The molecule has 1 heterocycles. The molecule has 41 heavy (non-hydrogen) atoms. The van der Waals surface area contributed by atoms with E-state index in [1.165, 1.54) is 30.1 Å². The largest absolute Gasteiger partial charge is 0.496 e. The number of carboxylic acid groups (broad SMARTS) is 1. The number of aliphatic hydroxyl groups is 1. The molecule has 0 saturated heterocycles. The number of ether oxygens (including phenoxy) is 2. The number of nitrogens with one attached hydrogen (secondary N) is 1. The van der Waals surface area contributed by atoms with Crippen molar-refractivity contribution in [2.45, 2.75) is 55.7 Å². The van der Waals surface area contributed by atoms with E-state index in [1.807, 2.05) is 18.2 Å². The van der Waals surface area contributed by atoms with E-state index in [0.717, 1.165) is 23.0 Å². The van der Waals surface area contributed by atoms with Gasteiger partial charge in [0.2, 0.25) is 0 Å². The average Bonchev–Trinajstić information content (AvgIpc) is 3.45. The number of fused-ring (bicyclic) bond motifs is 1. The number of aliphatic carboxylic acids is 1.